The van der Waals surface area contributed by atoms with Crippen molar-refractivity contribution in [3.8, 4) is 5.75 Å². The molecule has 0 saturated carbocycles. The maximum Gasteiger partial charge on any atom is 0.328 e. The molecule has 0 fully saturated rings. The summed E-state index contributed by atoms with van der Waals surface area (Å²) >= 11 is 0. The van der Waals surface area contributed by atoms with Gasteiger partial charge >= 0.3 is 5.97 Å². The highest BCUT2D eigenvalue weighted by Gasteiger charge is 2.23. The molecule has 21 heavy (non-hydrogen) atoms. The van der Waals surface area contributed by atoms with Crippen LogP contribution < -0.4 is 10.1 Å². The van der Waals surface area contributed by atoms with Crippen molar-refractivity contribution in [3.63, 3.8) is 0 Å². The Morgan fingerprint density at radius 3 is 2.43 bits per heavy atom. The maximum absolute atomic E-state index is 11.6. The number of carboxylic acids is 1. The second-order valence-electron chi connectivity index (χ2n) is 4.40. The molecule has 0 saturated heterocycles. The van der Waals surface area contributed by atoms with E-state index in [-0.39, 0.29) is 0 Å². The van der Waals surface area contributed by atoms with Gasteiger partial charge in [-0.2, -0.15) is 0 Å². The zero-order valence-electron chi connectivity index (χ0n) is 11.9. The average molecular weight is 293 g/mol. The highest BCUT2D eigenvalue weighted by Crippen LogP contribution is 2.12. The molecule has 0 bridgehead atoms. The van der Waals surface area contributed by atoms with E-state index < -0.39 is 24.0 Å². The lowest BCUT2D eigenvalue weighted by atomic mass is 10.1. The van der Waals surface area contributed by atoms with Gasteiger partial charge in [-0.3, -0.25) is 4.79 Å². The van der Waals surface area contributed by atoms with Crippen molar-refractivity contribution < 1.29 is 24.5 Å². The normalized spacial score (nSPS) is 13.7. The van der Waals surface area contributed by atoms with Crippen LogP contribution in [-0.2, 0) is 9.59 Å². The lowest BCUT2D eigenvalue weighted by Crippen LogP contribution is -2.47. The summed E-state index contributed by atoms with van der Waals surface area (Å²) in [4.78, 5) is 22.4. The molecular formula is C15H19NO5. The second-order valence-corrected chi connectivity index (χ2v) is 4.40. The van der Waals surface area contributed by atoms with Crippen molar-refractivity contribution in [2.75, 3.05) is 6.61 Å². The van der Waals surface area contributed by atoms with Gasteiger partial charge in [-0.1, -0.05) is 12.1 Å². The van der Waals surface area contributed by atoms with E-state index in [4.69, 9.17) is 9.84 Å². The Morgan fingerprint density at radius 1 is 1.33 bits per heavy atom. The number of amides is 1. The van der Waals surface area contributed by atoms with Gasteiger partial charge in [0.15, 0.2) is 6.04 Å². The van der Waals surface area contributed by atoms with Gasteiger partial charge in [-0.15, -0.1) is 0 Å². The molecule has 0 heterocycles. The standard InChI is InChI=1S/C15H19NO5/c1-3-21-12-7-4-11(5-8-12)6-9-13(18)16-14(10(2)17)15(19)20/h4-10,14,17H,3H2,1-2H3,(H,16,18)(H,19,20)/b9-6+. The second kappa shape index (κ2) is 8.06. The van der Waals surface area contributed by atoms with Crippen LogP contribution in [0.4, 0.5) is 0 Å². The SMILES string of the molecule is CCOc1ccc(/C=C/C(=O)NC(C(=O)O)C(C)O)cc1. The van der Waals surface area contributed by atoms with E-state index in [2.05, 4.69) is 5.32 Å². The number of ether oxygens (including phenoxy) is 1. The minimum atomic E-state index is -1.33. The summed E-state index contributed by atoms with van der Waals surface area (Å²) in [6, 6.07) is 5.77. The van der Waals surface area contributed by atoms with Gasteiger partial charge in [-0.05, 0) is 37.6 Å². The minimum Gasteiger partial charge on any atom is -0.494 e. The smallest absolute Gasteiger partial charge is 0.328 e. The molecule has 6 heteroatoms. The predicted molar refractivity (Wildman–Crippen MR) is 77.9 cm³/mol. The lowest BCUT2D eigenvalue weighted by Gasteiger charge is -2.15. The number of rotatable bonds is 7. The third kappa shape index (κ3) is 5.66. The number of carbonyl (C=O) groups excluding carboxylic acids is 1. The number of hydrogen-bond acceptors (Lipinski definition) is 4. The Kier molecular flexibility index (Phi) is 6.42. The Balaban J connectivity index is 2.62. The molecule has 1 rings (SSSR count). The fraction of sp³-hybridized carbons (Fsp3) is 0.333. The fourth-order valence-electron chi connectivity index (χ4n) is 1.60. The van der Waals surface area contributed by atoms with Crippen LogP contribution in [0.1, 0.15) is 19.4 Å². The molecular weight excluding hydrogens is 274 g/mol. The van der Waals surface area contributed by atoms with Crippen LogP contribution in [0.25, 0.3) is 6.08 Å². The molecule has 1 aromatic rings. The molecule has 0 radical (unpaired) electrons. The van der Waals surface area contributed by atoms with Crippen LogP contribution in [0.5, 0.6) is 5.75 Å². The largest absolute Gasteiger partial charge is 0.494 e. The first-order valence-electron chi connectivity index (χ1n) is 6.56. The van der Waals surface area contributed by atoms with Gasteiger partial charge in [0.25, 0.3) is 0 Å². The third-order valence-corrected chi connectivity index (χ3v) is 2.66. The third-order valence-electron chi connectivity index (χ3n) is 2.66. The first kappa shape index (κ1) is 16.7. The molecule has 1 amide bonds. The fourth-order valence-corrected chi connectivity index (χ4v) is 1.60. The molecule has 0 spiro atoms. The number of aliphatic hydroxyl groups excluding tert-OH is 1. The highest BCUT2D eigenvalue weighted by atomic mass is 16.5. The lowest BCUT2D eigenvalue weighted by molar-refractivity contribution is -0.144. The number of aliphatic carboxylic acids is 1. The summed E-state index contributed by atoms with van der Waals surface area (Å²) in [5, 5.41) is 20.3. The Labute approximate surface area is 123 Å². The molecule has 2 atom stereocenters. The molecule has 0 aliphatic heterocycles. The van der Waals surface area contributed by atoms with E-state index in [9.17, 15) is 14.7 Å². The van der Waals surface area contributed by atoms with Crippen LogP contribution >= 0.6 is 0 Å². The Hall–Kier alpha value is -2.34. The van der Waals surface area contributed by atoms with Gasteiger partial charge in [-0.25, -0.2) is 4.79 Å². The van der Waals surface area contributed by atoms with E-state index in [1.165, 1.54) is 13.0 Å². The Bertz CT molecular complexity index is 507. The monoisotopic (exact) mass is 293 g/mol. The summed E-state index contributed by atoms with van der Waals surface area (Å²) in [5.74, 6) is -1.14. The summed E-state index contributed by atoms with van der Waals surface area (Å²) in [6.07, 6.45) is 1.59. The van der Waals surface area contributed by atoms with Gasteiger partial charge in [0, 0.05) is 6.08 Å². The zero-order valence-corrected chi connectivity index (χ0v) is 11.9. The van der Waals surface area contributed by atoms with Crippen LogP contribution in [0, 0.1) is 0 Å². The van der Waals surface area contributed by atoms with Crippen molar-refractivity contribution in [2.45, 2.75) is 26.0 Å². The zero-order chi connectivity index (χ0) is 15.8. The van der Waals surface area contributed by atoms with Crippen molar-refractivity contribution in [1.82, 2.24) is 5.32 Å². The van der Waals surface area contributed by atoms with Gasteiger partial charge in [0.2, 0.25) is 5.91 Å². The molecule has 0 aromatic heterocycles. The molecule has 114 valence electrons. The molecule has 3 N–H and O–H groups in total. The van der Waals surface area contributed by atoms with Crippen molar-refractivity contribution in [1.29, 1.82) is 0 Å². The molecule has 0 aliphatic carbocycles. The summed E-state index contributed by atoms with van der Waals surface area (Å²) in [6.45, 7) is 3.77. The first-order valence-corrected chi connectivity index (χ1v) is 6.56. The van der Waals surface area contributed by atoms with Crippen molar-refractivity contribution in [3.05, 3.63) is 35.9 Å². The van der Waals surface area contributed by atoms with Gasteiger partial charge < -0.3 is 20.3 Å². The van der Waals surface area contributed by atoms with Crippen molar-refractivity contribution >= 4 is 18.0 Å². The quantitative estimate of drug-likeness (QED) is 0.653. The summed E-state index contributed by atoms with van der Waals surface area (Å²) in [7, 11) is 0. The molecule has 1 aromatic carbocycles. The predicted octanol–water partition coefficient (Wildman–Crippen LogP) is 1.05. The van der Waals surface area contributed by atoms with E-state index >= 15 is 0 Å². The average Bonchev–Trinajstić information content (AvgIpc) is 2.43. The number of nitrogens with one attached hydrogen (secondary N) is 1. The molecule has 6 nitrogen and oxygen atoms in total. The van der Waals surface area contributed by atoms with E-state index in [1.54, 1.807) is 30.3 Å². The maximum atomic E-state index is 11.6. The number of carboxylic acid groups (broad SMARTS) is 1. The van der Waals surface area contributed by atoms with Crippen LogP contribution in [0.2, 0.25) is 0 Å². The molecule has 2 unspecified atom stereocenters. The van der Waals surface area contributed by atoms with E-state index in [0.717, 1.165) is 11.3 Å². The highest BCUT2D eigenvalue weighted by molar-refractivity contribution is 5.94. The van der Waals surface area contributed by atoms with Gasteiger partial charge in [0.05, 0.1) is 12.7 Å². The van der Waals surface area contributed by atoms with E-state index in [1.807, 2.05) is 6.92 Å². The molecule has 0 aliphatic rings. The number of benzene rings is 1. The topological polar surface area (TPSA) is 95.9 Å². The number of carbonyl (C=O) groups is 2. The van der Waals surface area contributed by atoms with Crippen LogP contribution in [0.3, 0.4) is 0 Å². The first-order chi connectivity index (χ1) is 9.93. The Morgan fingerprint density at radius 2 is 1.95 bits per heavy atom. The van der Waals surface area contributed by atoms with E-state index in [0.29, 0.717) is 6.61 Å². The van der Waals surface area contributed by atoms with Crippen LogP contribution in [-0.4, -0.2) is 40.8 Å². The van der Waals surface area contributed by atoms with Crippen LogP contribution in [0.15, 0.2) is 30.3 Å². The van der Waals surface area contributed by atoms with Gasteiger partial charge in [0.1, 0.15) is 5.75 Å². The van der Waals surface area contributed by atoms with Crippen molar-refractivity contribution in [2.24, 2.45) is 0 Å². The number of aliphatic hydroxyl groups is 1. The summed E-state index contributed by atoms with van der Waals surface area (Å²) < 4.78 is 5.30. The minimum absolute atomic E-state index is 0.577. The summed E-state index contributed by atoms with van der Waals surface area (Å²) in [5.41, 5.74) is 0.775. The number of hydrogen-bond donors (Lipinski definition) is 3.